The van der Waals surface area contributed by atoms with Gasteiger partial charge in [-0.2, -0.15) is 0 Å². The normalized spacial score (nSPS) is 14.5. The standard InChI is InChI=1S/C22H17Cl2NO7S/c1-3-31-18(26)11-25-20(27)17(33-22(25)29)10-12-8-15(24)19(16(9-12)30-2)32-21(28)13-4-6-14(23)7-5-13/h4-10H,3,11H2,1-2H3/b17-10-. The number of rotatable bonds is 7. The highest BCUT2D eigenvalue weighted by Gasteiger charge is 2.36. The molecule has 0 aromatic heterocycles. The molecule has 3 rings (SSSR count). The Kier molecular flexibility index (Phi) is 8.01. The fraction of sp³-hybridized carbons (Fsp3) is 0.182. The van der Waals surface area contributed by atoms with Crippen molar-refractivity contribution in [3.8, 4) is 11.5 Å². The Labute approximate surface area is 203 Å². The van der Waals surface area contributed by atoms with E-state index in [4.69, 9.17) is 37.4 Å². The van der Waals surface area contributed by atoms with Crippen molar-refractivity contribution in [1.82, 2.24) is 4.90 Å². The van der Waals surface area contributed by atoms with Gasteiger partial charge in [0, 0.05) is 5.02 Å². The summed E-state index contributed by atoms with van der Waals surface area (Å²) >= 11 is 12.8. The van der Waals surface area contributed by atoms with Crippen LogP contribution >= 0.6 is 35.0 Å². The number of benzene rings is 2. The van der Waals surface area contributed by atoms with Gasteiger partial charge in [0.2, 0.25) is 0 Å². The quantitative estimate of drug-likeness (QED) is 0.297. The summed E-state index contributed by atoms with van der Waals surface area (Å²) in [7, 11) is 1.36. The number of ether oxygens (including phenoxy) is 3. The molecule has 2 aromatic rings. The van der Waals surface area contributed by atoms with Gasteiger partial charge in [-0.3, -0.25) is 19.3 Å². The smallest absolute Gasteiger partial charge is 0.343 e. The summed E-state index contributed by atoms with van der Waals surface area (Å²) < 4.78 is 15.5. The van der Waals surface area contributed by atoms with Crippen LogP contribution < -0.4 is 9.47 Å². The molecule has 1 heterocycles. The zero-order valence-electron chi connectivity index (χ0n) is 17.4. The average molecular weight is 510 g/mol. The number of amides is 2. The lowest BCUT2D eigenvalue weighted by atomic mass is 10.1. The fourth-order valence-corrected chi connectivity index (χ4v) is 4.01. The molecule has 0 aliphatic carbocycles. The minimum atomic E-state index is -0.683. The third-order valence-corrected chi connectivity index (χ3v) is 5.73. The number of thioether (sulfide) groups is 1. The second kappa shape index (κ2) is 10.7. The maximum absolute atomic E-state index is 12.6. The van der Waals surface area contributed by atoms with E-state index in [-0.39, 0.29) is 33.6 Å². The van der Waals surface area contributed by atoms with Crippen molar-refractivity contribution in [3.63, 3.8) is 0 Å². The van der Waals surface area contributed by atoms with Crippen LogP contribution in [0.4, 0.5) is 4.79 Å². The lowest BCUT2D eigenvalue weighted by Crippen LogP contribution is -2.34. The summed E-state index contributed by atoms with van der Waals surface area (Å²) in [5.74, 6) is -1.85. The average Bonchev–Trinajstić information content (AvgIpc) is 3.03. The summed E-state index contributed by atoms with van der Waals surface area (Å²) in [5, 5.41) is -0.0715. The molecule has 0 atom stereocenters. The van der Waals surface area contributed by atoms with E-state index in [1.165, 1.54) is 37.5 Å². The van der Waals surface area contributed by atoms with Crippen molar-refractivity contribution in [3.05, 3.63) is 62.5 Å². The SMILES string of the molecule is CCOC(=O)CN1C(=O)S/C(=C\c2cc(Cl)c(OC(=O)c3ccc(Cl)cc3)c(OC)c2)C1=O. The Hall–Kier alpha value is -3.01. The summed E-state index contributed by atoms with van der Waals surface area (Å²) in [6.45, 7) is 1.29. The first kappa shape index (κ1) is 24.6. The van der Waals surface area contributed by atoms with E-state index >= 15 is 0 Å². The number of methoxy groups -OCH3 is 1. The molecule has 0 spiro atoms. The number of carbonyl (C=O) groups excluding carboxylic acids is 4. The van der Waals surface area contributed by atoms with Gasteiger partial charge in [0.1, 0.15) is 6.54 Å². The minimum Gasteiger partial charge on any atom is -0.493 e. The monoisotopic (exact) mass is 509 g/mol. The molecule has 172 valence electrons. The lowest BCUT2D eigenvalue weighted by molar-refractivity contribution is -0.145. The molecule has 0 unspecified atom stereocenters. The number of hydrogen-bond donors (Lipinski definition) is 0. The number of halogens is 2. The van der Waals surface area contributed by atoms with Gasteiger partial charge in [-0.05, 0) is 66.7 Å². The van der Waals surface area contributed by atoms with Crippen LogP contribution in [0, 0.1) is 0 Å². The van der Waals surface area contributed by atoms with E-state index in [9.17, 15) is 19.2 Å². The van der Waals surface area contributed by atoms with Crippen molar-refractivity contribution in [2.75, 3.05) is 20.3 Å². The van der Waals surface area contributed by atoms with E-state index in [1.807, 2.05) is 0 Å². The number of carbonyl (C=O) groups is 4. The van der Waals surface area contributed by atoms with Crippen LogP contribution in [0.1, 0.15) is 22.8 Å². The minimum absolute atomic E-state index is 0.00770. The first-order valence-corrected chi connectivity index (χ1v) is 11.1. The Morgan fingerprint density at radius 1 is 1.12 bits per heavy atom. The van der Waals surface area contributed by atoms with Crippen LogP contribution in [0.25, 0.3) is 6.08 Å². The van der Waals surface area contributed by atoms with Crippen LogP contribution in [0.5, 0.6) is 11.5 Å². The van der Waals surface area contributed by atoms with Gasteiger partial charge in [-0.1, -0.05) is 23.2 Å². The largest absolute Gasteiger partial charge is 0.493 e. The van der Waals surface area contributed by atoms with E-state index in [0.717, 1.165) is 4.90 Å². The van der Waals surface area contributed by atoms with Gasteiger partial charge < -0.3 is 14.2 Å². The topological polar surface area (TPSA) is 99.2 Å². The second-order valence-electron chi connectivity index (χ2n) is 6.50. The number of hydrogen-bond acceptors (Lipinski definition) is 8. The molecule has 11 heteroatoms. The molecule has 1 fully saturated rings. The maximum atomic E-state index is 12.6. The Morgan fingerprint density at radius 3 is 2.45 bits per heavy atom. The fourth-order valence-electron chi connectivity index (χ4n) is 2.78. The Balaban J connectivity index is 1.83. The molecule has 1 aliphatic heterocycles. The van der Waals surface area contributed by atoms with Crippen molar-refractivity contribution < 1.29 is 33.4 Å². The van der Waals surface area contributed by atoms with E-state index in [1.54, 1.807) is 19.1 Å². The number of esters is 2. The maximum Gasteiger partial charge on any atom is 0.343 e. The number of imide groups is 1. The molecule has 0 radical (unpaired) electrons. The highest BCUT2D eigenvalue weighted by Crippen LogP contribution is 2.39. The Bertz CT molecular complexity index is 1150. The van der Waals surface area contributed by atoms with Gasteiger partial charge in [0.25, 0.3) is 11.1 Å². The van der Waals surface area contributed by atoms with E-state index in [0.29, 0.717) is 22.3 Å². The molecular weight excluding hydrogens is 493 g/mol. The van der Waals surface area contributed by atoms with Crippen LogP contribution in [-0.2, 0) is 14.3 Å². The van der Waals surface area contributed by atoms with Gasteiger partial charge >= 0.3 is 11.9 Å². The molecule has 1 aliphatic rings. The molecule has 2 amide bonds. The lowest BCUT2D eigenvalue weighted by Gasteiger charge is -2.12. The van der Waals surface area contributed by atoms with Gasteiger partial charge in [-0.15, -0.1) is 0 Å². The van der Waals surface area contributed by atoms with Crippen molar-refractivity contribution >= 4 is 64.1 Å². The summed E-state index contributed by atoms with van der Waals surface area (Å²) in [5.41, 5.74) is 0.682. The molecule has 8 nitrogen and oxygen atoms in total. The summed E-state index contributed by atoms with van der Waals surface area (Å²) in [4.78, 5) is 49.7. The third kappa shape index (κ3) is 5.87. The van der Waals surface area contributed by atoms with E-state index in [2.05, 4.69) is 0 Å². The summed E-state index contributed by atoms with van der Waals surface area (Å²) in [6, 6.07) is 9.06. The van der Waals surface area contributed by atoms with Gasteiger partial charge in [-0.25, -0.2) is 4.79 Å². The van der Waals surface area contributed by atoms with Crippen molar-refractivity contribution in [1.29, 1.82) is 0 Å². The zero-order valence-corrected chi connectivity index (χ0v) is 19.8. The predicted molar refractivity (Wildman–Crippen MR) is 124 cm³/mol. The summed E-state index contributed by atoms with van der Waals surface area (Å²) in [6.07, 6.45) is 1.43. The van der Waals surface area contributed by atoms with Crippen LogP contribution in [-0.4, -0.2) is 48.2 Å². The Morgan fingerprint density at radius 2 is 1.82 bits per heavy atom. The number of nitrogens with zero attached hydrogens (tertiary/aromatic N) is 1. The molecule has 1 saturated heterocycles. The molecule has 0 N–H and O–H groups in total. The molecular formula is C22H17Cl2NO7S. The van der Waals surface area contributed by atoms with Gasteiger partial charge in [0.15, 0.2) is 11.5 Å². The van der Waals surface area contributed by atoms with Gasteiger partial charge in [0.05, 0.1) is 29.2 Å². The highest BCUT2D eigenvalue weighted by atomic mass is 35.5. The van der Waals surface area contributed by atoms with E-state index < -0.39 is 29.6 Å². The molecule has 2 aromatic carbocycles. The van der Waals surface area contributed by atoms with Crippen molar-refractivity contribution in [2.24, 2.45) is 0 Å². The second-order valence-corrected chi connectivity index (χ2v) is 8.34. The van der Waals surface area contributed by atoms with Crippen LogP contribution in [0.3, 0.4) is 0 Å². The third-order valence-electron chi connectivity index (χ3n) is 4.29. The molecule has 0 bridgehead atoms. The predicted octanol–water partition coefficient (Wildman–Crippen LogP) is 4.82. The van der Waals surface area contributed by atoms with Crippen molar-refractivity contribution in [2.45, 2.75) is 6.92 Å². The highest BCUT2D eigenvalue weighted by molar-refractivity contribution is 8.18. The van der Waals surface area contributed by atoms with Crippen LogP contribution in [0.15, 0.2) is 41.3 Å². The van der Waals surface area contributed by atoms with Crippen LogP contribution in [0.2, 0.25) is 10.0 Å². The zero-order chi connectivity index (χ0) is 24.1. The first-order chi connectivity index (χ1) is 15.7. The first-order valence-electron chi connectivity index (χ1n) is 9.49. The molecule has 0 saturated carbocycles. The molecule has 33 heavy (non-hydrogen) atoms.